The highest BCUT2D eigenvalue weighted by Crippen LogP contribution is 2.39. The van der Waals surface area contributed by atoms with Crippen LogP contribution in [0.4, 0.5) is 0 Å². The number of aromatic nitrogens is 1. The number of ether oxygens (including phenoxy) is 5. The fourth-order valence-electron chi connectivity index (χ4n) is 3.41. The maximum Gasteiger partial charge on any atom is 0.337 e. The van der Waals surface area contributed by atoms with E-state index in [9.17, 15) is 14.4 Å². The summed E-state index contributed by atoms with van der Waals surface area (Å²) < 4.78 is 28.9. The fraction of sp³-hybridized carbons (Fsp3) is 0.360. The van der Waals surface area contributed by atoms with Crippen molar-refractivity contribution in [3.63, 3.8) is 0 Å². The highest BCUT2D eigenvalue weighted by Gasteiger charge is 2.19. The second-order valence-corrected chi connectivity index (χ2v) is 8.25. The van der Waals surface area contributed by atoms with Crippen LogP contribution in [-0.2, 0) is 20.8 Å². The first-order valence-electron chi connectivity index (χ1n) is 11.3. The Morgan fingerprint density at radius 1 is 0.861 bits per heavy atom. The lowest BCUT2D eigenvalue weighted by Gasteiger charge is -2.16. The second kappa shape index (κ2) is 12.2. The molecule has 0 aliphatic carbocycles. The molecule has 1 amide bonds. The van der Waals surface area contributed by atoms with Gasteiger partial charge in [0.2, 0.25) is 5.75 Å². The van der Waals surface area contributed by atoms with Crippen LogP contribution in [0.1, 0.15) is 41.5 Å². The lowest BCUT2D eigenvalue weighted by molar-refractivity contribution is -0.141. The summed E-state index contributed by atoms with van der Waals surface area (Å²) in [5.41, 5.74) is 1.17. The average Bonchev–Trinajstić information content (AvgIpc) is 3.21. The highest BCUT2D eigenvalue weighted by atomic mass is 32.1. The van der Waals surface area contributed by atoms with E-state index in [1.807, 2.05) is 20.8 Å². The third-order valence-corrected chi connectivity index (χ3v) is 6.01. The SMILES string of the molecule is CCOc1cc(C(=O)N=c2sc3cc(C(=O)OC)ccc3n2CC(=O)OC)cc(OCC)c1OCC. The molecule has 0 fully saturated rings. The minimum Gasteiger partial charge on any atom is -0.490 e. The number of rotatable bonds is 10. The first kappa shape index (κ1) is 26.7. The molecule has 11 heteroatoms. The molecule has 1 heterocycles. The number of carbonyl (C=O) groups is 3. The third kappa shape index (κ3) is 5.85. The standard InChI is InChI=1S/C25H28N2O8S/c1-6-33-18-11-16(12-19(34-7-2)22(18)35-8-3)23(29)26-25-27(14-21(28)31-4)17-10-9-15(24(30)32-5)13-20(17)36-25/h9-13H,6-8,14H2,1-5H3. The van der Waals surface area contributed by atoms with Gasteiger partial charge in [-0.1, -0.05) is 11.3 Å². The molecule has 0 bridgehead atoms. The monoisotopic (exact) mass is 516 g/mol. The Labute approximate surface area is 212 Å². The van der Waals surface area contributed by atoms with Crippen molar-refractivity contribution in [2.24, 2.45) is 4.99 Å². The molecule has 192 valence electrons. The molecule has 1 aromatic heterocycles. The Balaban J connectivity index is 2.17. The van der Waals surface area contributed by atoms with Crippen LogP contribution in [0.25, 0.3) is 10.2 Å². The first-order valence-corrected chi connectivity index (χ1v) is 12.1. The van der Waals surface area contributed by atoms with Crippen LogP contribution < -0.4 is 19.0 Å². The number of fused-ring (bicyclic) bond motifs is 1. The minimum absolute atomic E-state index is 0.169. The predicted octanol–water partition coefficient (Wildman–Crippen LogP) is 3.60. The highest BCUT2D eigenvalue weighted by molar-refractivity contribution is 7.16. The number of carbonyl (C=O) groups excluding carboxylic acids is 3. The summed E-state index contributed by atoms with van der Waals surface area (Å²) in [4.78, 5) is 41.9. The van der Waals surface area contributed by atoms with E-state index in [0.717, 1.165) is 11.3 Å². The van der Waals surface area contributed by atoms with Crippen LogP contribution in [0.15, 0.2) is 35.3 Å². The summed E-state index contributed by atoms with van der Waals surface area (Å²) in [6, 6.07) is 7.98. The predicted molar refractivity (Wildman–Crippen MR) is 133 cm³/mol. The van der Waals surface area contributed by atoms with E-state index in [0.29, 0.717) is 52.8 Å². The number of methoxy groups -OCH3 is 2. The van der Waals surface area contributed by atoms with Gasteiger partial charge >= 0.3 is 11.9 Å². The topological polar surface area (TPSA) is 115 Å². The van der Waals surface area contributed by atoms with Gasteiger partial charge in [-0.3, -0.25) is 9.59 Å². The molecule has 0 spiro atoms. The lowest BCUT2D eigenvalue weighted by Crippen LogP contribution is -2.22. The van der Waals surface area contributed by atoms with Gasteiger partial charge in [0.05, 0.1) is 49.8 Å². The molecular formula is C25H28N2O8S. The van der Waals surface area contributed by atoms with E-state index >= 15 is 0 Å². The van der Waals surface area contributed by atoms with Gasteiger partial charge < -0.3 is 28.3 Å². The molecule has 36 heavy (non-hydrogen) atoms. The van der Waals surface area contributed by atoms with Crippen LogP contribution in [0.2, 0.25) is 0 Å². The summed E-state index contributed by atoms with van der Waals surface area (Å²) in [6.07, 6.45) is 0. The van der Waals surface area contributed by atoms with Gasteiger partial charge in [-0.2, -0.15) is 4.99 Å². The van der Waals surface area contributed by atoms with Crippen molar-refractivity contribution in [1.29, 1.82) is 0 Å². The average molecular weight is 517 g/mol. The molecule has 0 radical (unpaired) electrons. The number of benzene rings is 2. The number of hydrogen-bond acceptors (Lipinski definition) is 9. The van der Waals surface area contributed by atoms with Crippen molar-refractivity contribution >= 4 is 39.4 Å². The van der Waals surface area contributed by atoms with Crippen LogP contribution in [0, 0.1) is 0 Å². The number of thiazole rings is 1. The summed E-state index contributed by atoms with van der Waals surface area (Å²) in [7, 11) is 2.57. The van der Waals surface area contributed by atoms with E-state index in [1.54, 1.807) is 34.9 Å². The molecule has 2 aromatic carbocycles. The molecule has 10 nitrogen and oxygen atoms in total. The summed E-state index contributed by atoms with van der Waals surface area (Å²) in [5, 5.41) is 0. The Bertz CT molecular complexity index is 1310. The van der Waals surface area contributed by atoms with Crippen LogP contribution >= 0.6 is 11.3 Å². The smallest absolute Gasteiger partial charge is 0.337 e. The maximum atomic E-state index is 13.3. The summed E-state index contributed by atoms with van der Waals surface area (Å²) in [5.74, 6) is -0.440. The molecule has 0 saturated carbocycles. The first-order chi connectivity index (χ1) is 17.4. The minimum atomic E-state index is -0.571. The van der Waals surface area contributed by atoms with Gasteiger partial charge in [0.1, 0.15) is 6.54 Å². The van der Waals surface area contributed by atoms with Crippen molar-refractivity contribution in [2.45, 2.75) is 27.3 Å². The quantitative estimate of drug-likeness (QED) is 0.376. The molecule has 3 rings (SSSR count). The second-order valence-electron chi connectivity index (χ2n) is 7.24. The zero-order chi connectivity index (χ0) is 26.2. The zero-order valence-corrected chi connectivity index (χ0v) is 21.6. The van der Waals surface area contributed by atoms with E-state index in [1.165, 1.54) is 14.2 Å². The number of hydrogen-bond donors (Lipinski definition) is 0. The van der Waals surface area contributed by atoms with E-state index < -0.39 is 17.8 Å². The van der Waals surface area contributed by atoms with Crippen molar-refractivity contribution in [2.75, 3.05) is 34.0 Å². The van der Waals surface area contributed by atoms with Crippen LogP contribution in [0.5, 0.6) is 17.2 Å². The van der Waals surface area contributed by atoms with Crippen LogP contribution in [-0.4, -0.2) is 56.5 Å². The molecule has 0 atom stereocenters. The van der Waals surface area contributed by atoms with Gasteiger partial charge in [-0.25, -0.2) is 4.79 Å². The van der Waals surface area contributed by atoms with Gasteiger partial charge in [0.15, 0.2) is 16.3 Å². The normalized spacial score (nSPS) is 11.3. The Kier molecular flexibility index (Phi) is 9.07. The van der Waals surface area contributed by atoms with Gasteiger partial charge in [-0.05, 0) is 51.1 Å². The molecule has 0 saturated heterocycles. The van der Waals surface area contributed by atoms with Gasteiger partial charge in [0.25, 0.3) is 5.91 Å². The maximum absolute atomic E-state index is 13.3. The molecule has 0 aliphatic rings. The molecule has 0 N–H and O–H groups in total. The Hall–Kier alpha value is -3.86. The summed E-state index contributed by atoms with van der Waals surface area (Å²) >= 11 is 1.15. The Morgan fingerprint density at radius 2 is 1.50 bits per heavy atom. The molecular weight excluding hydrogens is 488 g/mol. The van der Waals surface area contributed by atoms with Crippen molar-refractivity contribution in [3.8, 4) is 17.2 Å². The number of amides is 1. The van der Waals surface area contributed by atoms with Crippen molar-refractivity contribution in [3.05, 3.63) is 46.3 Å². The van der Waals surface area contributed by atoms with E-state index in [2.05, 4.69) is 4.99 Å². The van der Waals surface area contributed by atoms with Gasteiger partial charge in [-0.15, -0.1) is 0 Å². The summed E-state index contributed by atoms with van der Waals surface area (Å²) in [6.45, 7) is 6.43. The number of nitrogens with zero attached hydrogens (tertiary/aromatic N) is 2. The molecule has 0 unspecified atom stereocenters. The zero-order valence-electron chi connectivity index (χ0n) is 20.8. The largest absolute Gasteiger partial charge is 0.490 e. The van der Waals surface area contributed by atoms with Gasteiger partial charge in [0, 0.05) is 5.56 Å². The fourth-order valence-corrected chi connectivity index (χ4v) is 4.48. The van der Waals surface area contributed by atoms with E-state index in [4.69, 9.17) is 23.7 Å². The number of esters is 2. The van der Waals surface area contributed by atoms with Crippen molar-refractivity contribution in [1.82, 2.24) is 4.57 Å². The van der Waals surface area contributed by atoms with Crippen LogP contribution in [0.3, 0.4) is 0 Å². The Morgan fingerprint density at radius 3 is 2.06 bits per heavy atom. The third-order valence-electron chi connectivity index (χ3n) is 4.97. The molecule has 0 aliphatic heterocycles. The lowest BCUT2D eigenvalue weighted by atomic mass is 10.1. The van der Waals surface area contributed by atoms with E-state index in [-0.39, 0.29) is 16.9 Å². The molecule has 3 aromatic rings. The van der Waals surface area contributed by atoms with Crippen molar-refractivity contribution < 1.29 is 38.1 Å².